The van der Waals surface area contributed by atoms with Gasteiger partial charge in [0, 0.05) is 52.2 Å². The van der Waals surface area contributed by atoms with Crippen molar-refractivity contribution in [1.82, 2.24) is 15.1 Å². The maximum Gasteiger partial charge on any atom is 0.221 e. The first-order valence-corrected chi connectivity index (χ1v) is 10.3. The van der Waals surface area contributed by atoms with Crippen molar-refractivity contribution in [3.63, 3.8) is 0 Å². The minimum absolute atomic E-state index is 0.157. The Kier molecular flexibility index (Phi) is 8.28. The molecular weight excluding hydrogens is 346 g/mol. The molecule has 0 unspecified atom stereocenters. The van der Waals surface area contributed by atoms with Crippen LogP contribution in [0.25, 0.3) is 6.08 Å². The zero-order chi connectivity index (χ0) is 19.4. The summed E-state index contributed by atoms with van der Waals surface area (Å²) in [7, 11) is 0. The number of carbonyl (C=O) groups excluding carboxylic acids is 1. The van der Waals surface area contributed by atoms with E-state index in [4.69, 9.17) is 0 Å². The van der Waals surface area contributed by atoms with Gasteiger partial charge in [0.2, 0.25) is 5.91 Å². The quantitative estimate of drug-likeness (QED) is 0.730. The highest BCUT2D eigenvalue weighted by Gasteiger charge is 2.16. The second-order valence-electron chi connectivity index (χ2n) is 7.29. The Labute approximate surface area is 168 Å². The van der Waals surface area contributed by atoms with Crippen molar-refractivity contribution in [3.05, 3.63) is 77.9 Å². The van der Waals surface area contributed by atoms with E-state index in [9.17, 15) is 4.79 Å². The Morgan fingerprint density at radius 1 is 0.893 bits per heavy atom. The number of carbonyl (C=O) groups is 1. The van der Waals surface area contributed by atoms with Crippen LogP contribution < -0.4 is 5.32 Å². The van der Waals surface area contributed by atoms with E-state index in [0.29, 0.717) is 13.0 Å². The summed E-state index contributed by atoms with van der Waals surface area (Å²) < 4.78 is 0. The van der Waals surface area contributed by atoms with Crippen LogP contribution >= 0.6 is 0 Å². The second kappa shape index (κ2) is 11.4. The van der Waals surface area contributed by atoms with Gasteiger partial charge in [-0.3, -0.25) is 9.69 Å². The van der Waals surface area contributed by atoms with Gasteiger partial charge >= 0.3 is 0 Å². The average molecular weight is 378 g/mol. The normalized spacial score (nSPS) is 15.7. The van der Waals surface area contributed by atoms with Crippen LogP contribution in [0.3, 0.4) is 0 Å². The largest absolute Gasteiger partial charge is 0.356 e. The molecule has 0 spiro atoms. The van der Waals surface area contributed by atoms with Gasteiger partial charge in [-0.25, -0.2) is 0 Å². The van der Waals surface area contributed by atoms with E-state index < -0.39 is 0 Å². The summed E-state index contributed by atoms with van der Waals surface area (Å²) in [4.78, 5) is 16.9. The number of rotatable bonds is 9. The van der Waals surface area contributed by atoms with Gasteiger partial charge in [-0.2, -0.15) is 0 Å². The predicted octanol–water partition coefficient (Wildman–Crippen LogP) is 3.07. The Balaban J connectivity index is 1.26. The second-order valence-corrected chi connectivity index (χ2v) is 7.29. The molecule has 0 aromatic heterocycles. The summed E-state index contributed by atoms with van der Waals surface area (Å²) in [6, 6.07) is 20.7. The zero-order valence-electron chi connectivity index (χ0n) is 16.6. The summed E-state index contributed by atoms with van der Waals surface area (Å²) in [5.74, 6) is 0.157. The number of hydrogen-bond donors (Lipinski definition) is 1. The third kappa shape index (κ3) is 7.29. The first-order chi connectivity index (χ1) is 13.8. The van der Waals surface area contributed by atoms with Crippen molar-refractivity contribution in [3.8, 4) is 0 Å². The number of nitrogens with one attached hydrogen (secondary N) is 1. The van der Waals surface area contributed by atoms with Gasteiger partial charge in [-0.05, 0) is 17.5 Å². The molecule has 3 rings (SSSR count). The van der Waals surface area contributed by atoms with Gasteiger partial charge in [0.05, 0.1) is 0 Å². The fourth-order valence-electron chi connectivity index (χ4n) is 3.44. The molecular formula is C24H31N3O. The van der Waals surface area contributed by atoms with Gasteiger partial charge in [0.15, 0.2) is 0 Å². The SMILES string of the molecule is O=C(CCN1CCN(C/C=C/c2ccccc2)CC1)NCCc1ccccc1. The lowest BCUT2D eigenvalue weighted by Gasteiger charge is -2.34. The molecule has 0 atom stereocenters. The standard InChI is InChI=1S/C24H31N3O/c28-24(25-15-13-23-10-5-2-6-11-23)14-17-27-20-18-26(19-21-27)16-7-12-22-8-3-1-4-9-22/h1-12H,13-21H2,(H,25,28)/b12-7+. The number of amides is 1. The van der Waals surface area contributed by atoms with Crippen LogP contribution in [0.5, 0.6) is 0 Å². The third-order valence-corrected chi connectivity index (χ3v) is 5.17. The molecule has 4 heteroatoms. The Hall–Kier alpha value is -2.43. The van der Waals surface area contributed by atoms with Crippen molar-refractivity contribution < 1.29 is 4.79 Å². The molecule has 1 fully saturated rings. The third-order valence-electron chi connectivity index (χ3n) is 5.17. The summed E-state index contributed by atoms with van der Waals surface area (Å²) in [5, 5.41) is 3.04. The lowest BCUT2D eigenvalue weighted by Crippen LogP contribution is -2.47. The molecule has 1 aliphatic rings. The molecule has 0 aliphatic carbocycles. The van der Waals surface area contributed by atoms with Crippen molar-refractivity contribution in [2.24, 2.45) is 0 Å². The van der Waals surface area contributed by atoms with Crippen LogP contribution in [-0.2, 0) is 11.2 Å². The number of benzene rings is 2. The van der Waals surface area contributed by atoms with E-state index in [2.05, 4.69) is 63.7 Å². The lowest BCUT2D eigenvalue weighted by atomic mass is 10.1. The summed E-state index contributed by atoms with van der Waals surface area (Å²) in [6.07, 6.45) is 5.90. The molecule has 1 saturated heterocycles. The van der Waals surface area contributed by atoms with Crippen molar-refractivity contribution >= 4 is 12.0 Å². The smallest absolute Gasteiger partial charge is 0.221 e. The molecule has 1 N–H and O–H groups in total. The van der Waals surface area contributed by atoms with E-state index in [1.165, 1.54) is 11.1 Å². The molecule has 1 amide bonds. The highest BCUT2D eigenvalue weighted by Crippen LogP contribution is 2.05. The molecule has 2 aromatic rings. The highest BCUT2D eigenvalue weighted by atomic mass is 16.1. The van der Waals surface area contributed by atoms with Gasteiger partial charge in [0.1, 0.15) is 0 Å². The van der Waals surface area contributed by atoms with Gasteiger partial charge in [-0.1, -0.05) is 72.8 Å². The minimum Gasteiger partial charge on any atom is -0.356 e. The fourth-order valence-corrected chi connectivity index (χ4v) is 3.44. The van der Waals surface area contributed by atoms with Gasteiger partial charge < -0.3 is 10.2 Å². The Morgan fingerprint density at radius 2 is 1.54 bits per heavy atom. The van der Waals surface area contributed by atoms with E-state index in [1.807, 2.05) is 24.3 Å². The average Bonchev–Trinajstić information content (AvgIpc) is 2.75. The number of hydrogen-bond acceptors (Lipinski definition) is 3. The molecule has 148 valence electrons. The van der Waals surface area contributed by atoms with E-state index in [1.54, 1.807) is 0 Å². The first-order valence-electron chi connectivity index (χ1n) is 10.3. The van der Waals surface area contributed by atoms with Crippen LogP contribution in [0.4, 0.5) is 0 Å². The van der Waals surface area contributed by atoms with Crippen LogP contribution in [0.1, 0.15) is 17.5 Å². The topological polar surface area (TPSA) is 35.6 Å². The van der Waals surface area contributed by atoms with Crippen molar-refractivity contribution in [1.29, 1.82) is 0 Å². The van der Waals surface area contributed by atoms with E-state index in [-0.39, 0.29) is 5.91 Å². The summed E-state index contributed by atoms with van der Waals surface area (Å²) in [5.41, 5.74) is 2.51. The van der Waals surface area contributed by atoms with Crippen LogP contribution in [0.2, 0.25) is 0 Å². The van der Waals surface area contributed by atoms with Crippen LogP contribution in [-0.4, -0.2) is 61.5 Å². The summed E-state index contributed by atoms with van der Waals surface area (Å²) >= 11 is 0. The van der Waals surface area contributed by atoms with Crippen LogP contribution in [0.15, 0.2) is 66.7 Å². The Bertz CT molecular complexity index is 722. The molecule has 0 radical (unpaired) electrons. The monoisotopic (exact) mass is 377 g/mol. The highest BCUT2D eigenvalue weighted by molar-refractivity contribution is 5.76. The maximum absolute atomic E-state index is 12.1. The number of piperazine rings is 1. The van der Waals surface area contributed by atoms with Crippen molar-refractivity contribution in [2.45, 2.75) is 12.8 Å². The molecule has 1 heterocycles. The zero-order valence-corrected chi connectivity index (χ0v) is 16.6. The Morgan fingerprint density at radius 3 is 2.25 bits per heavy atom. The number of nitrogens with zero attached hydrogens (tertiary/aromatic N) is 2. The fraction of sp³-hybridized carbons (Fsp3) is 0.375. The van der Waals surface area contributed by atoms with Gasteiger partial charge in [-0.15, -0.1) is 0 Å². The lowest BCUT2D eigenvalue weighted by molar-refractivity contribution is -0.121. The van der Waals surface area contributed by atoms with E-state index in [0.717, 1.165) is 45.7 Å². The molecule has 28 heavy (non-hydrogen) atoms. The van der Waals surface area contributed by atoms with Gasteiger partial charge in [0.25, 0.3) is 0 Å². The van der Waals surface area contributed by atoms with Crippen LogP contribution in [0, 0.1) is 0 Å². The maximum atomic E-state index is 12.1. The molecule has 0 bridgehead atoms. The molecule has 2 aromatic carbocycles. The minimum atomic E-state index is 0.157. The molecule has 0 saturated carbocycles. The molecule has 4 nitrogen and oxygen atoms in total. The first kappa shape index (κ1) is 20.3. The predicted molar refractivity (Wildman–Crippen MR) is 116 cm³/mol. The van der Waals surface area contributed by atoms with E-state index >= 15 is 0 Å². The van der Waals surface area contributed by atoms with Crippen molar-refractivity contribution in [2.75, 3.05) is 45.8 Å². The summed E-state index contributed by atoms with van der Waals surface area (Å²) in [6.45, 7) is 6.76. The molecule has 1 aliphatic heterocycles.